The molecule has 1 aliphatic carbocycles. The zero-order valence-electron chi connectivity index (χ0n) is 8.76. The van der Waals surface area contributed by atoms with Gasteiger partial charge in [0.1, 0.15) is 0 Å². The highest BCUT2D eigenvalue weighted by Gasteiger charge is 2.33. The van der Waals surface area contributed by atoms with E-state index in [4.69, 9.17) is 0 Å². The molecule has 1 saturated carbocycles. The summed E-state index contributed by atoms with van der Waals surface area (Å²) in [6.45, 7) is 6.11. The molecule has 0 aromatic carbocycles. The summed E-state index contributed by atoms with van der Waals surface area (Å²) in [5, 5.41) is 3.65. The van der Waals surface area contributed by atoms with Gasteiger partial charge >= 0.3 is 0 Å². The summed E-state index contributed by atoms with van der Waals surface area (Å²) in [7, 11) is 0. The fourth-order valence-electron chi connectivity index (χ4n) is 2.81. The van der Waals surface area contributed by atoms with Crippen LogP contribution >= 0.6 is 0 Å². The van der Waals surface area contributed by atoms with Gasteiger partial charge in [-0.15, -0.1) is 0 Å². The van der Waals surface area contributed by atoms with E-state index in [1.165, 1.54) is 51.7 Å². The van der Waals surface area contributed by atoms with E-state index in [-0.39, 0.29) is 0 Å². The second-order valence-electron chi connectivity index (χ2n) is 4.45. The van der Waals surface area contributed by atoms with Gasteiger partial charge in [-0.2, -0.15) is 0 Å². The van der Waals surface area contributed by atoms with Crippen molar-refractivity contribution in [2.45, 2.75) is 51.1 Å². The fourth-order valence-corrected chi connectivity index (χ4v) is 2.81. The highest BCUT2D eigenvalue weighted by molar-refractivity contribution is 4.93. The second-order valence-corrected chi connectivity index (χ2v) is 4.45. The van der Waals surface area contributed by atoms with Gasteiger partial charge in [-0.25, -0.2) is 0 Å². The molecule has 1 N–H and O–H groups in total. The van der Waals surface area contributed by atoms with Gasteiger partial charge in [-0.1, -0.05) is 19.8 Å². The predicted octanol–water partition coefficient (Wildman–Crippen LogP) is 1.61. The van der Waals surface area contributed by atoms with Crippen LogP contribution in [0.15, 0.2) is 0 Å². The third-order valence-electron chi connectivity index (χ3n) is 3.55. The monoisotopic (exact) mass is 182 g/mol. The molecule has 0 radical (unpaired) electrons. The smallest absolute Gasteiger partial charge is 0.0249 e. The molecule has 1 heterocycles. The SMILES string of the molecule is CCCCN1CCN[C@H]2CCC[C@H]21. The van der Waals surface area contributed by atoms with Crippen molar-refractivity contribution in [2.75, 3.05) is 19.6 Å². The standard InChI is InChI=1S/C11H22N2/c1-2-3-8-13-9-7-12-10-5-4-6-11(10)13/h10-12H,2-9H2,1H3/t10-,11+/m0/s1. The maximum Gasteiger partial charge on any atom is 0.0249 e. The Kier molecular flexibility index (Phi) is 3.23. The van der Waals surface area contributed by atoms with E-state index in [0.717, 1.165) is 12.1 Å². The second kappa shape index (κ2) is 4.43. The minimum Gasteiger partial charge on any atom is -0.311 e. The van der Waals surface area contributed by atoms with Crippen molar-refractivity contribution in [3.63, 3.8) is 0 Å². The highest BCUT2D eigenvalue weighted by Crippen LogP contribution is 2.26. The van der Waals surface area contributed by atoms with E-state index in [2.05, 4.69) is 17.1 Å². The first-order valence-electron chi connectivity index (χ1n) is 5.89. The van der Waals surface area contributed by atoms with Crippen molar-refractivity contribution in [3.05, 3.63) is 0 Å². The van der Waals surface area contributed by atoms with Crippen molar-refractivity contribution in [1.82, 2.24) is 10.2 Å². The van der Waals surface area contributed by atoms with E-state index in [1.807, 2.05) is 0 Å². The summed E-state index contributed by atoms with van der Waals surface area (Å²) >= 11 is 0. The molecule has 2 aliphatic rings. The van der Waals surface area contributed by atoms with Crippen LogP contribution in [0.1, 0.15) is 39.0 Å². The fraction of sp³-hybridized carbons (Fsp3) is 1.00. The molecule has 2 nitrogen and oxygen atoms in total. The summed E-state index contributed by atoms with van der Waals surface area (Å²) < 4.78 is 0. The number of piperazine rings is 1. The van der Waals surface area contributed by atoms with E-state index < -0.39 is 0 Å². The molecule has 2 rings (SSSR count). The highest BCUT2D eigenvalue weighted by atomic mass is 15.2. The first-order chi connectivity index (χ1) is 6.42. The molecule has 0 amide bonds. The Bertz CT molecular complexity index is 158. The molecule has 1 aliphatic heterocycles. The van der Waals surface area contributed by atoms with Crippen LogP contribution in [0.3, 0.4) is 0 Å². The molecule has 2 atom stereocenters. The van der Waals surface area contributed by atoms with Crippen LogP contribution in [0.4, 0.5) is 0 Å². The van der Waals surface area contributed by atoms with Crippen molar-refractivity contribution < 1.29 is 0 Å². The molecule has 0 spiro atoms. The van der Waals surface area contributed by atoms with Crippen LogP contribution < -0.4 is 5.32 Å². The zero-order chi connectivity index (χ0) is 9.10. The van der Waals surface area contributed by atoms with Crippen molar-refractivity contribution >= 4 is 0 Å². The lowest BCUT2D eigenvalue weighted by Gasteiger charge is -2.38. The van der Waals surface area contributed by atoms with Crippen LogP contribution in [0.25, 0.3) is 0 Å². The van der Waals surface area contributed by atoms with E-state index in [0.29, 0.717) is 0 Å². The largest absolute Gasteiger partial charge is 0.311 e. The first kappa shape index (κ1) is 9.47. The molecular weight excluding hydrogens is 160 g/mol. The summed E-state index contributed by atoms with van der Waals surface area (Å²) in [6.07, 6.45) is 6.99. The number of rotatable bonds is 3. The third kappa shape index (κ3) is 2.05. The van der Waals surface area contributed by atoms with Gasteiger partial charge in [0.15, 0.2) is 0 Å². The van der Waals surface area contributed by atoms with Crippen LogP contribution in [0.2, 0.25) is 0 Å². The van der Waals surface area contributed by atoms with Crippen molar-refractivity contribution in [2.24, 2.45) is 0 Å². The summed E-state index contributed by atoms with van der Waals surface area (Å²) in [5.41, 5.74) is 0. The third-order valence-corrected chi connectivity index (χ3v) is 3.55. The topological polar surface area (TPSA) is 15.3 Å². The first-order valence-corrected chi connectivity index (χ1v) is 5.89. The Hall–Kier alpha value is -0.0800. The van der Waals surface area contributed by atoms with Crippen molar-refractivity contribution in [3.8, 4) is 0 Å². The van der Waals surface area contributed by atoms with Gasteiger partial charge in [-0.05, 0) is 25.8 Å². The molecule has 0 aromatic rings. The van der Waals surface area contributed by atoms with E-state index >= 15 is 0 Å². The number of hydrogen-bond acceptors (Lipinski definition) is 2. The average Bonchev–Trinajstić information content (AvgIpc) is 2.62. The molecule has 1 saturated heterocycles. The van der Waals surface area contributed by atoms with Gasteiger partial charge in [0.25, 0.3) is 0 Å². The van der Waals surface area contributed by atoms with Gasteiger partial charge in [-0.3, -0.25) is 4.90 Å². The molecule has 0 unspecified atom stereocenters. The molecule has 2 heteroatoms. The summed E-state index contributed by atoms with van der Waals surface area (Å²) in [5.74, 6) is 0. The minimum atomic E-state index is 0.825. The van der Waals surface area contributed by atoms with E-state index in [9.17, 15) is 0 Å². The van der Waals surface area contributed by atoms with Crippen LogP contribution in [0.5, 0.6) is 0 Å². The number of nitrogens with zero attached hydrogens (tertiary/aromatic N) is 1. The Morgan fingerprint density at radius 1 is 1.38 bits per heavy atom. The molecule has 0 bridgehead atoms. The predicted molar refractivity (Wildman–Crippen MR) is 55.9 cm³/mol. The maximum atomic E-state index is 3.65. The van der Waals surface area contributed by atoms with Crippen LogP contribution in [-0.4, -0.2) is 36.6 Å². The molecular formula is C11H22N2. The average molecular weight is 182 g/mol. The van der Waals surface area contributed by atoms with Gasteiger partial charge in [0.2, 0.25) is 0 Å². The quantitative estimate of drug-likeness (QED) is 0.713. The molecule has 76 valence electrons. The lowest BCUT2D eigenvalue weighted by atomic mass is 10.1. The van der Waals surface area contributed by atoms with Crippen molar-refractivity contribution in [1.29, 1.82) is 0 Å². The maximum absolute atomic E-state index is 3.65. The normalized spacial score (nSPS) is 34.8. The van der Waals surface area contributed by atoms with Crippen LogP contribution in [-0.2, 0) is 0 Å². The number of fused-ring (bicyclic) bond motifs is 1. The Balaban J connectivity index is 1.86. The van der Waals surface area contributed by atoms with E-state index in [1.54, 1.807) is 0 Å². The lowest BCUT2D eigenvalue weighted by molar-refractivity contribution is 0.135. The molecule has 2 fully saturated rings. The number of nitrogens with one attached hydrogen (secondary N) is 1. The molecule has 13 heavy (non-hydrogen) atoms. The minimum absolute atomic E-state index is 0.825. The van der Waals surface area contributed by atoms with Gasteiger partial charge < -0.3 is 5.32 Å². The lowest BCUT2D eigenvalue weighted by Crippen LogP contribution is -2.55. The number of unbranched alkanes of at least 4 members (excludes halogenated alkanes) is 1. The van der Waals surface area contributed by atoms with Crippen LogP contribution in [0, 0.1) is 0 Å². The number of hydrogen-bond donors (Lipinski definition) is 1. The zero-order valence-corrected chi connectivity index (χ0v) is 8.76. The van der Waals surface area contributed by atoms with Gasteiger partial charge in [0.05, 0.1) is 0 Å². The summed E-state index contributed by atoms with van der Waals surface area (Å²) in [4.78, 5) is 2.72. The Morgan fingerprint density at radius 2 is 2.31 bits per heavy atom. The molecule has 0 aromatic heterocycles. The Labute approximate surface area is 81.7 Å². The Morgan fingerprint density at radius 3 is 3.15 bits per heavy atom. The summed E-state index contributed by atoms with van der Waals surface area (Å²) in [6, 6.07) is 1.70. The van der Waals surface area contributed by atoms with Gasteiger partial charge in [0, 0.05) is 25.2 Å².